The smallest absolute Gasteiger partial charge is 0.325 e. The van der Waals surface area contributed by atoms with Crippen molar-refractivity contribution >= 4 is 35.3 Å². The van der Waals surface area contributed by atoms with Crippen molar-refractivity contribution in [2.75, 3.05) is 10.7 Å². The minimum Gasteiger partial charge on any atom is -0.427 e. The zero-order valence-corrected chi connectivity index (χ0v) is 21.0. The highest BCUT2D eigenvalue weighted by molar-refractivity contribution is 7.99. The van der Waals surface area contributed by atoms with Crippen LogP contribution in [0.1, 0.15) is 45.8 Å². The Morgan fingerprint density at radius 1 is 1.08 bits per heavy atom. The van der Waals surface area contributed by atoms with Crippen LogP contribution in [0.25, 0.3) is 11.3 Å². The van der Waals surface area contributed by atoms with Gasteiger partial charge in [-0.05, 0) is 35.4 Å². The summed E-state index contributed by atoms with van der Waals surface area (Å²) in [6, 6.07) is 11.6. The van der Waals surface area contributed by atoms with Gasteiger partial charge in [-0.1, -0.05) is 30.8 Å². The van der Waals surface area contributed by atoms with Gasteiger partial charge in [0.05, 0.1) is 16.8 Å². The molecule has 1 aromatic heterocycles. The lowest BCUT2D eigenvalue weighted by Gasteiger charge is -2.31. The van der Waals surface area contributed by atoms with Crippen molar-refractivity contribution in [3.63, 3.8) is 0 Å². The van der Waals surface area contributed by atoms with Crippen LogP contribution >= 0.6 is 11.8 Å². The second kappa shape index (κ2) is 10.3. The van der Waals surface area contributed by atoms with Crippen molar-refractivity contribution < 1.29 is 28.5 Å². The number of amides is 1. The van der Waals surface area contributed by atoms with E-state index in [1.807, 2.05) is 6.92 Å². The van der Waals surface area contributed by atoms with Gasteiger partial charge >= 0.3 is 23.2 Å². The molecule has 186 valence electrons. The van der Waals surface area contributed by atoms with Gasteiger partial charge in [-0.15, -0.1) is 0 Å². The predicted octanol–water partition coefficient (Wildman–Crippen LogP) is 2.99. The van der Waals surface area contributed by atoms with Gasteiger partial charge < -0.3 is 9.47 Å². The molecule has 1 amide bonds. The standard InChI is InChI=1S/C25H24N4O6S/c1-5-12-36-25-26-23(33)22-18-8-6-7-9-20(18)28(14(2)30)24(29(22)27-25)19-11-10-17(34-15(3)31)13-21(19)35-16(4)32/h6-11,13,24H,5,12H2,1-4H3/p+1/t24-/m0/s1. The molecule has 36 heavy (non-hydrogen) atoms. The molecule has 1 atom stereocenters. The zero-order valence-electron chi connectivity index (χ0n) is 20.2. The average Bonchev–Trinajstić information content (AvgIpc) is 2.81. The Balaban J connectivity index is 2.02. The molecule has 3 aromatic rings. The number of aromatic nitrogens is 3. The van der Waals surface area contributed by atoms with Gasteiger partial charge in [0.25, 0.3) is 6.17 Å². The van der Waals surface area contributed by atoms with Gasteiger partial charge in [0.15, 0.2) is 0 Å². The summed E-state index contributed by atoms with van der Waals surface area (Å²) in [6.07, 6.45) is -0.0905. The van der Waals surface area contributed by atoms with Gasteiger partial charge in [-0.3, -0.25) is 24.2 Å². The number of carbonyl (C=O) groups is 3. The van der Waals surface area contributed by atoms with Crippen molar-refractivity contribution in [3.05, 3.63) is 58.4 Å². The van der Waals surface area contributed by atoms with E-state index in [4.69, 9.17) is 14.6 Å². The molecule has 0 fully saturated rings. The number of esters is 2. The minimum atomic E-state index is -0.962. The summed E-state index contributed by atoms with van der Waals surface area (Å²) in [5.74, 6) is -0.496. The molecule has 10 nitrogen and oxygen atoms in total. The number of benzene rings is 2. The number of thioether (sulfide) groups is 1. The summed E-state index contributed by atoms with van der Waals surface area (Å²) in [5.41, 5.74) is 1.31. The number of hydrogen-bond donors (Lipinski definition) is 1. The Hall–Kier alpha value is -3.99. The van der Waals surface area contributed by atoms with Crippen LogP contribution < -0.4 is 24.6 Å². The molecule has 0 saturated carbocycles. The van der Waals surface area contributed by atoms with E-state index in [9.17, 15) is 19.2 Å². The third-order valence-corrected chi connectivity index (χ3v) is 6.39. The second-order valence-electron chi connectivity index (χ2n) is 8.07. The lowest BCUT2D eigenvalue weighted by molar-refractivity contribution is -0.763. The fraction of sp³-hybridized carbons (Fsp3) is 0.280. The second-order valence-corrected chi connectivity index (χ2v) is 9.15. The number of aromatic amines is 1. The number of nitrogens with zero attached hydrogens (tertiary/aromatic N) is 3. The lowest BCUT2D eigenvalue weighted by atomic mass is 10.0. The van der Waals surface area contributed by atoms with Crippen LogP contribution in [0.2, 0.25) is 0 Å². The number of ether oxygens (including phenoxy) is 2. The third-order valence-electron chi connectivity index (χ3n) is 5.32. The quantitative estimate of drug-likeness (QED) is 0.233. The fourth-order valence-electron chi connectivity index (χ4n) is 4.06. The molecule has 4 rings (SSSR count). The van der Waals surface area contributed by atoms with Gasteiger partial charge in [0.2, 0.25) is 11.1 Å². The number of fused-ring (bicyclic) bond motifs is 3. The average molecular weight is 510 g/mol. The first-order valence-electron chi connectivity index (χ1n) is 11.3. The fourth-order valence-corrected chi connectivity index (χ4v) is 4.77. The molecule has 0 radical (unpaired) electrons. The molecule has 1 aliphatic rings. The summed E-state index contributed by atoms with van der Waals surface area (Å²) in [6.45, 7) is 5.93. The van der Waals surface area contributed by atoms with Crippen molar-refractivity contribution in [2.24, 2.45) is 0 Å². The van der Waals surface area contributed by atoms with Crippen molar-refractivity contribution in [1.82, 2.24) is 10.1 Å². The first-order valence-corrected chi connectivity index (χ1v) is 12.3. The van der Waals surface area contributed by atoms with Gasteiger partial charge in [-0.25, -0.2) is 4.90 Å². The molecule has 2 heterocycles. The number of para-hydroxylation sites is 1. The van der Waals surface area contributed by atoms with Gasteiger partial charge in [-0.2, -0.15) is 0 Å². The highest BCUT2D eigenvalue weighted by atomic mass is 32.2. The Morgan fingerprint density at radius 2 is 1.81 bits per heavy atom. The maximum Gasteiger partial charge on any atom is 0.325 e. The Bertz CT molecular complexity index is 1420. The minimum absolute atomic E-state index is 0.0696. The first-order chi connectivity index (χ1) is 17.2. The van der Waals surface area contributed by atoms with Crippen LogP contribution in [0.4, 0.5) is 5.69 Å². The van der Waals surface area contributed by atoms with Crippen molar-refractivity contribution in [2.45, 2.75) is 45.4 Å². The van der Waals surface area contributed by atoms with E-state index in [0.717, 1.165) is 12.2 Å². The zero-order chi connectivity index (χ0) is 26.0. The molecule has 11 heteroatoms. The monoisotopic (exact) mass is 509 g/mol. The molecule has 0 aliphatic carbocycles. The molecule has 0 spiro atoms. The maximum atomic E-state index is 13.3. The molecule has 1 aliphatic heterocycles. The highest BCUT2D eigenvalue weighted by Gasteiger charge is 2.46. The molecule has 0 saturated heterocycles. The Morgan fingerprint density at radius 3 is 2.47 bits per heavy atom. The van der Waals surface area contributed by atoms with E-state index in [1.54, 1.807) is 30.3 Å². The SMILES string of the molecule is CCCSc1n[n+]2c(c(=O)[nH]1)-c1ccccc1N(C(C)=O)[C@@H]2c1ccc(OC(C)=O)cc1OC(C)=O. The molecule has 1 N–H and O–H groups in total. The van der Waals surface area contributed by atoms with Crippen LogP contribution in [0, 0.1) is 0 Å². The Kier molecular flexibility index (Phi) is 7.20. The van der Waals surface area contributed by atoms with E-state index < -0.39 is 18.1 Å². The van der Waals surface area contributed by atoms with Crippen LogP contribution in [0.15, 0.2) is 52.4 Å². The third kappa shape index (κ3) is 4.87. The first kappa shape index (κ1) is 25.1. The van der Waals surface area contributed by atoms with E-state index in [2.05, 4.69) is 4.98 Å². The van der Waals surface area contributed by atoms with Crippen LogP contribution in [-0.4, -0.2) is 33.7 Å². The number of carbonyl (C=O) groups excluding carboxylic acids is 3. The van der Waals surface area contributed by atoms with Crippen LogP contribution in [0.5, 0.6) is 11.5 Å². The van der Waals surface area contributed by atoms with Crippen LogP contribution in [0.3, 0.4) is 0 Å². The number of anilines is 1. The summed E-state index contributed by atoms with van der Waals surface area (Å²) >= 11 is 1.39. The topological polar surface area (TPSA) is 123 Å². The number of nitrogens with one attached hydrogen (secondary N) is 1. The summed E-state index contributed by atoms with van der Waals surface area (Å²) in [5, 5.41) is 5.09. The van der Waals surface area contributed by atoms with Crippen LogP contribution in [-0.2, 0) is 14.4 Å². The highest BCUT2D eigenvalue weighted by Crippen LogP contribution is 2.40. The van der Waals surface area contributed by atoms with E-state index in [1.165, 1.54) is 54.2 Å². The maximum absolute atomic E-state index is 13.3. The van der Waals surface area contributed by atoms with Crippen molar-refractivity contribution in [1.29, 1.82) is 0 Å². The lowest BCUT2D eigenvalue weighted by Crippen LogP contribution is -2.60. The normalized spacial score (nSPS) is 14.0. The van der Waals surface area contributed by atoms with E-state index >= 15 is 0 Å². The van der Waals surface area contributed by atoms with Crippen molar-refractivity contribution in [3.8, 4) is 22.8 Å². The summed E-state index contributed by atoms with van der Waals surface area (Å²) in [4.78, 5) is 54.2. The predicted molar refractivity (Wildman–Crippen MR) is 132 cm³/mol. The number of H-pyrrole nitrogens is 1. The largest absolute Gasteiger partial charge is 0.427 e. The number of hydrogen-bond acceptors (Lipinski definition) is 8. The molecule has 0 bridgehead atoms. The summed E-state index contributed by atoms with van der Waals surface area (Å²) < 4.78 is 12.1. The van der Waals surface area contributed by atoms with E-state index in [0.29, 0.717) is 22.0 Å². The number of rotatable bonds is 6. The molecule has 0 unspecified atom stereocenters. The van der Waals surface area contributed by atoms with Gasteiger partial charge in [0, 0.05) is 37.7 Å². The molecular formula is C25H25N4O6S+. The van der Waals surface area contributed by atoms with E-state index in [-0.39, 0.29) is 28.7 Å². The molecule has 2 aromatic carbocycles. The Labute approximate surface area is 211 Å². The molecular weight excluding hydrogens is 484 g/mol. The van der Waals surface area contributed by atoms with Gasteiger partial charge in [0.1, 0.15) is 11.5 Å². The summed E-state index contributed by atoms with van der Waals surface area (Å²) in [7, 11) is 0.